The van der Waals surface area contributed by atoms with Crippen LogP contribution >= 0.6 is 11.6 Å². The second-order valence-corrected chi connectivity index (χ2v) is 6.59. The summed E-state index contributed by atoms with van der Waals surface area (Å²) >= 11 is 5.95. The number of carbonyl (C=O) groups is 2. The van der Waals surface area contributed by atoms with Gasteiger partial charge in [-0.15, -0.1) is 0 Å². The number of amides is 1. The number of esters is 1. The summed E-state index contributed by atoms with van der Waals surface area (Å²) in [6, 6.07) is 11.0. The number of hydrogen-bond acceptors (Lipinski definition) is 6. The molecule has 0 saturated heterocycles. The molecule has 29 heavy (non-hydrogen) atoms. The quantitative estimate of drug-likeness (QED) is 0.376. The first-order valence-electron chi connectivity index (χ1n) is 8.83. The van der Waals surface area contributed by atoms with E-state index >= 15 is 0 Å². The molecule has 1 N–H and O–H groups in total. The second-order valence-electron chi connectivity index (χ2n) is 6.18. The Kier molecular flexibility index (Phi) is 6.19. The maximum Gasteiger partial charge on any atom is 0.349 e. The molecule has 0 aliphatic heterocycles. The summed E-state index contributed by atoms with van der Waals surface area (Å²) in [6.45, 7) is 3.66. The van der Waals surface area contributed by atoms with E-state index in [0.717, 1.165) is 5.56 Å². The third-order valence-electron chi connectivity index (χ3n) is 4.01. The van der Waals surface area contributed by atoms with Crippen molar-refractivity contribution in [3.8, 4) is 11.5 Å². The Morgan fingerprint density at radius 3 is 2.59 bits per heavy atom. The summed E-state index contributed by atoms with van der Waals surface area (Å²) in [7, 11) is 0. The topological polar surface area (TPSA) is 94.8 Å². The lowest BCUT2D eigenvalue weighted by Crippen LogP contribution is -2.27. The van der Waals surface area contributed by atoms with E-state index in [4.69, 9.17) is 25.5 Å². The van der Waals surface area contributed by atoms with Gasteiger partial charge < -0.3 is 19.2 Å². The van der Waals surface area contributed by atoms with Crippen molar-refractivity contribution in [1.82, 2.24) is 5.32 Å². The molecule has 7 nitrogen and oxygen atoms in total. The maximum atomic E-state index is 12.0. The molecule has 1 amide bonds. The molecular formula is C21H18ClNO6. The molecule has 0 aliphatic rings. The monoisotopic (exact) mass is 415 g/mol. The number of nitrogens with one attached hydrogen (secondary N) is 1. The largest absolute Gasteiger partial charge is 0.482 e. The van der Waals surface area contributed by atoms with Crippen molar-refractivity contribution in [2.45, 2.75) is 13.8 Å². The Balaban J connectivity index is 1.70. The van der Waals surface area contributed by atoms with Crippen LogP contribution in [0.1, 0.15) is 22.8 Å². The zero-order chi connectivity index (χ0) is 21.0. The van der Waals surface area contributed by atoms with Gasteiger partial charge in [0, 0.05) is 23.0 Å². The average Bonchev–Trinajstić information content (AvgIpc) is 2.68. The molecule has 0 spiro atoms. The highest BCUT2D eigenvalue weighted by atomic mass is 35.5. The predicted octanol–water partition coefficient (Wildman–Crippen LogP) is 3.49. The molecule has 3 rings (SSSR count). The van der Waals surface area contributed by atoms with Crippen LogP contribution in [0.4, 0.5) is 0 Å². The van der Waals surface area contributed by atoms with Gasteiger partial charge in [0.1, 0.15) is 22.6 Å². The Morgan fingerprint density at radius 1 is 1.10 bits per heavy atom. The van der Waals surface area contributed by atoms with Crippen molar-refractivity contribution in [3.05, 3.63) is 69.0 Å². The summed E-state index contributed by atoms with van der Waals surface area (Å²) in [4.78, 5) is 36.0. The van der Waals surface area contributed by atoms with E-state index in [-0.39, 0.29) is 23.5 Å². The zero-order valence-electron chi connectivity index (χ0n) is 15.8. The summed E-state index contributed by atoms with van der Waals surface area (Å²) in [5.74, 6) is -0.454. The number of carbonyl (C=O) groups excluding carboxylic acids is 2. The molecule has 150 valence electrons. The normalized spacial score (nSPS) is 10.6. The molecule has 0 fully saturated rings. The van der Waals surface area contributed by atoms with Gasteiger partial charge in [-0.3, -0.25) is 4.79 Å². The highest BCUT2D eigenvalue weighted by Crippen LogP contribution is 2.22. The minimum atomic E-state index is -0.770. The summed E-state index contributed by atoms with van der Waals surface area (Å²) in [5.41, 5.74) is 0.167. The first-order valence-corrected chi connectivity index (χ1v) is 9.21. The summed E-state index contributed by atoms with van der Waals surface area (Å²) in [6.07, 6.45) is 0. The van der Waals surface area contributed by atoms with Gasteiger partial charge >= 0.3 is 11.6 Å². The van der Waals surface area contributed by atoms with E-state index in [0.29, 0.717) is 22.7 Å². The van der Waals surface area contributed by atoms with Crippen molar-refractivity contribution in [3.63, 3.8) is 0 Å². The molecule has 0 radical (unpaired) electrons. The van der Waals surface area contributed by atoms with Crippen LogP contribution in [0.5, 0.6) is 11.5 Å². The van der Waals surface area contributed by atoms with Crippen LogP contribution in [0, 0.1) is 6.92 Å². The highest BCUT2D eigenvalue weighted by molar-refractivity contribution is 6.31. The van der Waals surface area contributed by atoms with Crippen molar-refractivity contribution in [1.29, 1.82) is 0 Å². The van der Waals surface area contributed by atoms with Crippen LogP contribution < -0.4 is 20.4 Å². The zero-order valence-corrected chi connectivity index (χ0v) is 16.5. The van der Waals surface area contributed by atoms with Crippen LogP contribution in [-0.4, -0.2) is 25.0 Å². The number of aryl methyl sites for hydroxylation is 1. The maximum absolute atomic E-state index is 12.0. The van der Waals surface area contributed by atoms with E-state index in [2.05, 4.69) is 5.32 Å². The number of hydrogen-bond donors (Lipinski definition) is 1. The number of halogens is 1. The molecule has 0 aliphatic carbocycles. The lowest BCUT2D eigenvalue weighted by atomic mass is 10.1. The van der Waals surface area contributed by atoms with E-state index in [1.54, 1.807) is 31.2 Å². The Morgan fingerprint density at radius 2 is 1.86 bits per heavy atom. The molecule has 1 aromatic heterocycles. The van der Waals surface area contributed by atoms with Gasteiger partial charge in [0.05, 0.1) is 0 Å². The smallest absolute Gasteiger partial charge is 0.349 e. The second kappa shape index (κ2) is 8.79. The van der Waals surface area contributed by atoms with Gasteiger partial charge in [-0.2, -0.15) is 0 Å². The van der Waals surface area contributed by atoms with Gasteiger partial charge in [0.15, 0.2) is 6.61 Å². The van der Waals surface area contributed by atoms with E-state index in [9.17, 15) is 14.4 Å². The predicted molar refractivity (Wildman–Crippen MR) is 108 cm³/mol. The molecule has 1 heterocycles. The molecular weight excluding hydrogens is 398 g/mol. The lowest BCUT2D eigenvalue weighted by molar-refractivity contribution is -0.136. The first kappa shape index (κ1) is 20.4. The first-order chi connectivity index (χ1) is 13.9. The molecule has 2 aromatic carbocycles. The van der Waals surface area contributed by atoms with E-state index in [1.165, 1.54) is 18.2 Å². The fraction of sp³-hybridized carbons (Fsp3) is 0.190. The van der Waals surface area contributed by atoms with Gasteiger partial charge in [0.2, 0.25) is 0 Å². The average molecular weight is 416 g/mol. The van der Waals surface area contributed by atoms with Crippen molar-refractivity contribution in [2.24, 2.45) is 0 Å². The Labute approximate surface area is 171 Å². The third-order valence-corrected chi connectivity index (χ3v) is 4.43. The van der Waals surface area contributed by atoms with Gasteiger partial charge in [-0.05, 0) is 55.8 Å². The molecule has 3 aromatic rings. The molecule has 0 bridgehead atoms. The third kappa shape index (κ3) is 4.94. The van der Waals surface area contributed by atoms with Gasteiger partial charge in [0.25, 0.3) is 5.91 Å². The standard InChI is InChI=1S/C21H18ClNO6/c1-3-23-20(25)16-9-13-4-5-15(10-18(13)29-21(16)26)28-19(24)11-27-14-6-7-17(22)12(2)8-14/h4-10H,3,11H2,1-2H3,(H,23,25). The fourth-order valence-corrected chi connectivity index (χ4v) is 2.70. The van der Waals surface area contributed by atoms with Crippen LogP contribution in [0.15, 0.2) is 51.7 Å². The molecule has 0 saturated carbocycles. The van der Waals surface area contributed by atoms with Gasteiger partial charge in [-0.1, -0.05) is 11.6 Å². The van der Waals surface area contributed by atoms with Crippen LogP contribution in [0.25, 0.3) is 11.0 Å². The summed E-state index contributed by atoms with van der Waals surface area (Å²) < 4.78 is 15.8. The Hall–Kier alpha value is -3.32. The number of rotatable bonds is 6. The van der Waals surface area contributed by atoms with Gasteiger partial charge in [-0.25, -0.2) is 9.59 Å². The number of ether oxygens (including phenoxy) is 2. The van der Waals surface area contributed by atoms with Crippen LogP contribution in [0.3, 0.4) is 0 Å². The number of benzene rings is 2. The Bertz CT molecular complexity index is 1140. The highest BCUT2D eigenvalue weighted by Gasteiger charge is 2.14. The van der Waals surface area contributed by atoms with E-state index in [1.807, 2.05) is 6.92 Å². The number of fused-ring (bicyclic) bond motifs is 1. The van der Waals surface area contributed by atoms with E-state index < -0.39 is 17.5 Å². The molecule has 8 heteroatoms. The van der Waals surface area contributed by atoms with Crippen LogP contribution in [0.2, 0.25) is 5.02 Å². The molecule has 0 unspecified atom stereocenters. The van der Waals surface area contributed by atoms with Crippen molar-refractivity contribution >= 4 is 34.4 Å². The minimum Gasteiger partial charge on any atom is -0.482 e. The fourth-order valence-electron chi connectivity index (χ4n) is 2.58. The van der Waals surface area contributed by atoms with Crippen LogP contribution in [-0.2, 0) is 4.79 Å². The van der Waals surface area contributed by atoms with Crippen molar-refractivity contribution < 1.29 is 23.5 Å². The minimum absolute atomic E-state index is 0.0873. The van der Waals surface area contributed by atoms with Crippen molar-refractivity contribution in [2.75, 3.05) is 13.2 Å². The SMILES string of the molecule is CCNC(=O)c1cc2ccc(OC(=O)COc3ccc(Cl)c(C)c3)cc2oc1=O. The molecule has 0 atom stereocenters. The lowest BCUT2D eigenvalue weighted by Gasteiger charge is -2.08. The summed E-state index contributed by atoms with van der Waals surface area (Å²) in [5, 5.41) is 3.68.